The van der Waals surface area contributed by atoms with E-state index in [4.69, 9.17) is 0 Å². The molecule has 0 aliphatic carbocycles. The van der Waals surface area contributed by atoms with Crippen LogP contribution in [0.1, 0.15) is 33.3 Å². The van der Waals surface area contributed by atoms with Gasteiger partial charge in [-0.15, -0.1) is 0 Å². The third kappa shape index (κ3) is 1.76. The minimum absolute atomic E-state index is 0.212. The minimum Gasteiger partial charge on any atom is -0.385 e. The molecule has 0 aromatic carbocycles. The van der Waals surface area contributed by atoms with Crippen LogP contribution in [-0.2, 0) is 5.60 Å². The number of aliphatic hydroxyl groups is 1. The van der Waals surface area contributed by atoms with Gasteiger partial charge in [-0.2, -0.15) is 0 Å². The zero-order valence-electron chi connectivity index (χ0n) is 8.61. The molecule has 2 nitrogen and oxygen atoms in total. The van der Waals surface area contributed by atoms with Crippen molar-refractivity contribution in [3.8, 4) is 0 Å². The molecule has 1 heterocycles. The normalized spacial score (nSPS) is 12.8. The Kier molecular flexibility index (Phi) is 3.09. The number of hydrogen-bond donors (Lipinski definition) is 1. The summed E-state index contributed by atoms with van der Waals surface area (Å²) in [5, 5.41) is 12.4. The van der Waals surface area contributed by atoms with E-state index in [1.165, 1.54) is 11.5 Å². The van der Waals surface area contributed by atoms with Gasteiger partial charge in [0.05, 0.1) is 5.60 Å². The van der Waals surface area contributed by atoms with Gasteiger partial charge in [-0.05, 0) is 23.4 Å². The lowest BCUT2D eigenvalue weighted by Crippen LogP contribution is -2.37. The lowest BCUT2D eigenvalue weighted by Gasteiger charge is -2.35. The molecule has 3 heteroatoms. The molecular weight excluding hydrogens is 182 g/mol. The van der Waals surface area contributed by atoms with Crippen molar-refractivity contribution in [2.45, 2.75) is 33.3 Å². The molecule has 0 unspecified atom stereocenters. The lowest BCUT2D eigenvalue weighted by molar-refractivity contribution is -0.0529. The molecule has 0 aliphatic rings. The van der Waals surface area contributed by atoms with Crippen molar-refractivity contribution in [1.29, 1.82) is 0 Å². The van der Waals surface area contributed by atoms with Gasteiger partial charge in [-0.1, -0.05) is 27.7 Å². The second-order valence-electron chi connectivity index (χ2n) is 4.05. The molecule has 13 heavy (non-hydrogen) atoms. The summed E-state index contributed by atoms with van der Waals surface area (Å²) < 4.78 is 4.03. The highest BCUT2D eigenvalue weighted by molar-refractivity contribution is 7.03. The monoisotopic (exact) mass is 199 g/mol. The highest BCUT2D eigenvalue weighted by Gasteiger charge is 2.37. The lowest BCUT2D eigenvalue weighted by atomic mass is 9.76. The van der Waals surface area contributed by atoms with Crippen LogP contribution in [0.3, 0.4) is 0 Å². The number of aromatic nitrogens is 1. The van der Waals surface area contributed by atoms with E-state index in [1.54, 1.807) is 6.20 Å². The quantitative estimate of drug-likeness (QED) is 0.811. The van der Waals surface area contributed by atoms with Crippen LogP contribution >= 0.6 is 11.5 Å². The number of hydrogen-bond acceptors (Lipinski definition) is 3. The smallest absolute Gasteiger partial charge is 0.0965 e. The van der Waals surface area contributed by atoms with Crippen LogP contribution in [0.5, 0.6) is 0 Å². The Morgan fingerprint density at radius 3 is 2.15 bits per heavy atom. The van der Waals surface area contributed by atoms with E-state index in [1.807, 2.05) is 33.1 Å². The fraction of sp³-hybridized carbons (Fsp3) is 0.700. The molecule has 0 spiro atoms. The predicted octanol–water partition coefficient (Wildman–Crippen LogP) is 2.64. The Balaban J connectivity index is 3.06. The van der Waals surface area contributed by atoms with Gasteiger partial charge < -0.3 is 5.11 Å². The van der Waals surface area contributed by atoms with E-state index < -0.39 is 5.60 Å². The van der Waals surface area contributed by atoms with Gasteiger partial charge in [-0.3, -0.25) is 0 Å². The highest BCUT2D eigenvalue weighted by atomic mass is 32.1. The van der Waals surface area contributed by atoms with Crippen molar-refractivity contribution in [1.82, 2.24) is 4.37 Å². The van der Waals surface area contributed by atoms with Crippen LogP contribution in [0.2, 0.25) is 0 Å². The van der Waals surface area contributed by atoms with Gasteiger partial charge in [0.25, 0.3) is 0 Å². The Hall–Kier alpha value is -0.410. The zero-order chi connectivity index (χ0) is 10.1. The largest absolute Gasteiger partial charge is 0.385 e. The first-order valence-electron chi connectivity index (χ1n) is 4.61. The average Bonchev–Trinajstić information content (AvgIpc) is 2.54. The molecule has 0 fully saturated rings. The van der Waals surface area contributed by atoms with Crippen molar-refractivity contribution in [3.63, 3.8) is 0 Å². The molecule has 0 aliphatic heterocycles. The van der Waals surface area contributed by atoms with Gasteiger partial charge in [0, 0.05) is 17.1 Å². The van der Waals surface area contributed by atoms with E-state index in [0.29, 0.717) is 0 Å². The predicted molar refractivity (Wildman–Crippen MR) is 55.7 cm³/mol. The van der Waals surface area contributed by atoms with Crippen molar-refractivity contribution in [2.24, 2.45) is 11.8 Å². The molecule has 74 valence electrons. The van der Waals surface area contributed by atoms with Crippen LogP contribution in [0.25, 0.3) is 0 Å². The highest BCUT2D eigenvalue weighted by Crippen LogP contribution is 2.36. The number of nitrogens with zero attached hydrogens (tertiary/aromatic N) is 1. The first-order valence-corrected chi connectivity index (χ1v) is 5.45. The van der Waals surface area contributed by atoms with Crippen LogP contribution in [0, 0.1) is 11.8 Å². The SMILES string of the molecule is CC(C)C(O)(c1cnsc1)C(C)C. The zero-order valence-corrected chi connectivity index (χ0v) is 9.43. The molecule has 0 radical (unpaired) electrons. The molecule has 1 aromatic heterocycles. The van der Waals surface area contributed by atoms with Crippen LogP contribution in [0.15, 0.2) is 11.6 Å². The molecule has 1 N–H and O–H groups in total. The van der Waals surface area contributed by atoms with Gasteiger partial charge in [-0.25, -0.2) is 4.37 Å². The van der Waals surface area contributed by atoms with Crippen molar-refractivity contribution in [2.75, 3.05) is 0 Å². The Labute approximate surface area is 83.8 Å². The summed E-state index contributed by atoms with van der Waals surface area (Å²) >= 11 is 1.39. The first-order chi connectivity index (χ1) is 5.99. The molecule has 0 saturated carbocycles. The number of rotatable bonds is 3. The third-order valence-corrected chi connectivity index (χ3v) is 3.24. The maximum Gasteiger partial charge on any atom is 0.0965 e. The van der Waals surface area contributed by atoms with E-state index in [-0.39, 0.29) is 11.8 Å². The molecule has 0 saturated heterocycles. The summed E-state index contributed by atoms with van der Waals surface area (Å²) in [4.78, 5) is 0. The molecule has 0 bridgehead atoms. The fourth-order valence-electron chi connectivity index (χ4n) is 1.74. The summed E-state index contributed by atoms with van der Waals surface area (Å²) in [5.74, 6) is 0.424. The molecule has 0 atom stereocenters. The topological polar surface area (TPSA) is 33.1 Å². The van der Waals surface area contributed by atoms with Gasteiger partial charge >= 0.3 is 0 Å². The van der Waals surface area contributed by atoms with Crippen molar-refractivity contribution >= 4 is 11.5 Å². The maximum absolute atomic E-state index is 10.5. The standard InChI is InChI=1S/C10H17NOS/c1-7(2)10(12,8(3)4)9-5-11-13-6-9/h5-8,12H,1-4H3. The van der Waals surface area contributed by atoms with Crippen molar-refractivity contribution in [3.05, 3.63) is 17.1 Å². The summed E-state index contributed by atoms with van der Waals surface area (Å²) in [6.45, 7) is 8.16. The summed E-state index contributed by atoms with van der Waals surface area (Å²) in [6.07, 6.45) is 1.77. The van der Waals surface area contributed by atoms with E-state index >= 15 is 0 Å². The van der Waals surface area contributed by atoms with E-state index in [2.05, 4.69) is 4.37 Å². The first kappa shape index (κ1) is 10.7. The van der Waals surface area contributed by atoms with Gasteiger partial charge in [0.1, 0.15) is 0 Å². The maximum atomic E-state index is 10.5. The minimum atomic E-state index is -0.729. The second-order valence-corrected chi connectivity index (χ2v) is 4.71. The average molecular weight is 199 g/mol. The van der Waals surface area contributed by atoms with Crippen LogP contribution < -0.4 is 0 Å². The van der Waals surface area contributed by atoms with Gasteiger partial charge in [0.2, 0.25) is 0 Å². The van der Waals surface area contributed by atoms with E-state index in [9.17, 15) is 5.11 Å². The van der Waals surface area contributed by atoms with E-state index in [0.717, 1.165) is 5.56 Å². The fourth-order valence-corrected chi connectivity index (χ4v) is 2.33. The molecule has 0 amide bonds. The Morgan fingerprint density at radius 1 is 1.31 bits per heavy atom. The second kappa shape index (κ2) is 3.76. The van der Waals surface area contributed by atoms with Crippen molar-refractivity contribution < 1.29 is 5.11 Å². The molecular formula is C10H17NOS. The molecule has 1 rings (SSSR count). The Bertz CT molecular complexity index is 246. The summed E-state index contributed by atoms with van der Waals surface area (Å²) in [7, 11) is 0. The summed E-state index contributed by atoms with van der Waals surface area (Å²) in [5.41, 5.74) is 0.218. The Morgan fingerprint density at radius 2 is 1.85 bits per heavy atom. The summed E-state index contributed by atoms with van der Waals surface area (Å²) in [6, 6.07) is 0. The third-order valence-electron chi connectivity index (χ3n) is 2.66. The van der Waals surface area contributed by atoms with Crippen LogP contribution in [0.4, 0.5) is 0 Å². The van der Waals surface area contributed by atoms with Crippen LogP contribution in [-0.4, -0.2) is 9.48 Å². The van der Waals surface area contributed by atoms with Gasteiger partial charge in [0.15, 0.2) is 0 Å². The molecule has 1 aromatic rings.